The largest absolute Gasteiger partial charge is 0.493 e. The van der Waals surface area contributed by atoms with Gasteiger partial charge in [-0.1, -0.05) is 113 Å². The molecule has 3 rings (SSSR count). The van der Waals surface area contributed by atoms with Crippen molar-refractivity contribution in [1.82, 2.24) is 0 Å². The highest BCUT2D eigenvalue weighted by atomic mass is 16.5. The van der Waals surface area contributed by atoms with Crippen LogP contribution in [0.4, 0.5) is 0 Å². The van der Waals surface area contributed by atoms with Gasteiger partial charge in [-0.05, 0) is 29.7 Å². The Morgan fingerprint density at radius 2 is 1.25 bits per heavy atom. The summed E-state index contributed by atoms with van der Waals surface area (Å²) in [6.07, 6.45) is 9.49. The van der Waals surface area contributed by atoms with Crippen LogP contribution in [0.15, 0.2) is 78.9 Å². The zero-order valence-electron chi connectivity index (χ0n) is 21.0. The molecule has 0 unspecified atom stereocenters. The van der Waals surface area contributed by atoms with Crippen molar-refractivity contribution in [2.24, 2.45) is 0 Å². The van der Waals surface area contributed by atoms with Crippen molar-refractivity contribution in [3.63, 3.8) is 0 Å². The summed E-state index contributed by atoms with van der Waals surface area (Å²) in [6, 6.07) is 23.2. The molecule has 0 aliphatic heterocycles. The molecular weight excluding hydrogens is 452 g/mol. The summed E-state index contributed by atoms with van der Waals surface area (Å²) in [5, 5.41) is 9.57. The average Bonchev–Trinajstić information content (AvgIpc) is 2.89. The van der Waals surface area contributed by atoms with Crippen LogP contribution in [0.2, 0.25) is 0 Å². The number of unbranched alkanes of at least 4 members (excludes halogenated alkanes) is 7. The van der Waals surface area contributed by atoms with Crippen LogP contribution >= 0.6 is 0 Å². The van der Waals surface area contributed by atoms with E-state index in [-0.39, 0.29) is 11.3 Å². The van der Waals surface area contributed by atoms with Crippen molar-refractivity contribution in [3.8, 4) is 11.5 Å². The minimum absolute atomic E-state index is 0.0159. The number of esters is 1. The highest BCUT2D eigenvalue weighted by molar-refractivity contribution is 5.89. The molecule has 5 nitrogen and oxygen atoms in total. The van der Waals surface area contributed by atoms with Gasteiger partial charge >= 0.3 is 11.9 Å². The van der Waals surface area contributed by atoms with Gasteiger partial charge in [0.25, 0.3) is 0 Å². The normalized spacial score (nSPS) is 10.8. The molecule has 0 atom stereocenters. The fourth-order valence-corrected chi connectivity index (χ4v) is 4.19. The van der Waals surface area contributed by atoms with Crippen LogP contribution in [0.5, 0.6) is 11.5 Å². The Hall–Kier alpha value is -3.60. The van der Waals surface area contributed by atoms with E-state index in [4.69, 9.17) is 9.47 Å². The predicted molar refractivity (Wildman–Crippen MR) is 142 cm³/mol. The van der Waals surface area contributed by atoms with Gasteiger partial charge in [-0.2, -0.15) is 0 Å². The summed E-state index contributed by atoms with van der Waals surface area (Å²) in [5.74, 6) is -1.68. The number of carbonyl (C=O) groups is 2. The summed E-state index contributed by atoms with van der Waals surface area (Å²) in [5.41, 5.74) is 1.62. The topological polar surface area (TPSA) is 72.8 Å². The lowest BCUT2D eigenvalue weighted by Crippen LogP contribution is -2.20. The third-order valence-electron chi connectivity index (χ3n) is 6.11. The second kappa shape index (κ2) is 14.7. The van der Waals surface area contributed by atoms with Crippen molar-refractivity contribution in [1.29, 1.82) is 0 Å². The molecular formula is C31H36O5. The number of carbonyl (C=O) groups excluding carboxylic acids is 1. The van der Waals surface area contributed by atoms with E-state index in [1.807, 2.05) is 60.7 Å². The molecule has 1 N–H and O–H groups in total. The number of rotatable bonds is 15. The van der Waals surface area contributed by atoms with Crippen molar-refractivity contribution < 1.29 is 24.2 Å². The monoisotopic (exact) mass is 488 g/mol. The minimum atomic E-state index is -1.10. The maximum Gasteiger partial charge on any atom is 0.335 e. The van der Waals surface area contributed by atoms with E-state index in [2.05, 4.69) is 6.92 Å². The average molecular weight is 489 g/mol. The summed E-state index contributed by atoms with van der Waals surface area (Å²) >= 11 is 0. The smallest absolute Gasteiger partial charge is 0.335 e. The molecule has 0 heterocycles. The first-order valence-electron chi connectivity index (χ1n) is 12.9. The molecule has 0 aliphatic rings. The van der Waals surface area contributed by atoms with Crippen molar-refractivity contribution >= 4 is 11.9 Å². The van der Waals surface area contributed by atoms with Crippen LogP contribution in [0.1, 0.15) is 85.7 Å². The van der Waals surface area contributed by atoms with Crippen LogP contribution in [-0.2, 0) is 4.79 Å². The molecule has 0 amide bonds. The van der Waals surface area contributed by atoms with Crippen LogP contribution < -0.4 is 9.47 Å². The second-order valence-electron chi connectivity index (χ2n) is 9.00. The van der Waals surface area contributed by atoms with E-state index >= 15 is 0 Å². The lowest BCUT2D eigenvalue weighted by molar-refractivity contribution is -0.135. The maximum atomic E-state index is 13.3. The summed E-state index contributed by atoms with van der Waals surface area (Å²) in [7, 11) is 0. The van der Waals surface area contributed by atoms with Crippen LogP contribution in [0.25, 0.3) is 0 Å². The first-order chi connectivity index (χ1) is 17.6. The number of hydrogen-bond donors (Lipinski definition) is 1. The fourth-order valence-electron chi connectivity index (χ4n) is 4.19. The standard InChI is InChI=1S/C31H36O5/c1-2-3-4-5-6-7-8-15-20-35-27-21-26(30(32)33)22-28(23-27)36-31(34)29(24-16-11-9-12-17-24)25-18-13-10-14-19-25/h9-14,16-19,21-23,29H,2-8,15,20H2,1H3,(H,32,33). The van der Waals surface area contributed by atoms with Gasteiger partial charge in [-0.15, -0.1) is 0 Å². The minimum Gasteiger partial charge on any atom is -0.493 e. The Morgan fingerprint density at radius 3 is 1.81 bits per heavy atom. The Morgan fingerprint density at radius 1 is 0.722 bits per heavy atom. The maximum absolute atomic E-state index is 13.3. The molecule has 190 valence electrons. The highest BCUT2D eigenvalue weighted by Gasteiger charge is 2.25. The van der Waals surface area contributed by atoms with Gasteiger partial charge in [0, 0.05) is 6.07 Å². The molecule has 0 radical (unpaired) electrons. The van der Waals surface area contributed by atoms with E-state index in [1.165, 1.54) is 50.7 Å². The third kappa shape index (κ3) is 8.56. The third-order valence-corrected chi connectivity index (χ3v) is 6.11. The molecule has 0 saturated heterocycles. The lowest BCUT2D eigenvalue weighted by atomic mass is 9.91. The van der Waals surface area contributed by atoms with Crippen LogP contribution in [-0.4, -0.2) is 23.7 Å². The van der Waals surface area contributed by atoms with Crippen LogP contribution in [0.3, 0.4) is 0 Å². The van der Waals surface area contributed by atoms with Gasteiger partial charge in [0.15, 0.2) is 0 Å². The predicted octanol–water partition coefficient (Wildman–Crippen LogP) is 7.64. The Balaban J connectivity index is 1.66. The fraction of sp³-hybridized carbons (Fsp3) is 0.355. The summed E-state index contributed by atoms with van der Waals surface area (Å²) < 4.78 is 11.6. The van der Waals surface area contributed by atoms with E-state index in [1.54, 1.807) is 6.07 Å². The molecule has 0 spiro atoms. The quantitative estimate of drug-likeness (QED) is 0.135. The number of carboxylic acids is 1. The molecule has 0 fully saturated rings. The molecule has 5 heteroatoms. The number of benzene rings is 3. The lowest BCUT2D eigenvalue weighted by Gasteiger charge is -2.17. The molecule has 0 aromatic heterocycles. The molecule has 3 aromatic carbocycles. The van der Waals surface area contributed by atoms with Gasteiger partial charge in [0.1, 0.15) is 17.4 Å². The van der Waals surface area contributed by atoms with Crippen molar-refractivity contribution in [2.45, 2.75) is 64.2 Å². The number of carboxylic acid groups (broad SMARTS) is 1. The zero-order valence-corrected chi connectivity index (χ0v) is 21.0. The van der Waals surface area contributed by atoms with Gasteiger partial charge in [-0.25, -0.2) is 4.79 Å². The Labute approximate surface area is 214 Å². The molecule has 0 aliphatic carbocycles. The molecule has 0 saturated carbocycles. The number of aromatic carboxylic acids is 1. The van der Waals surface area contributed by atoms with Crippen LogP contribution in [0, 0.1) is 0 Å². The zero-order chi connectivity index (χ0) is 25.6. The summed E-state index contributed by atoms with van der Waals surface area (Å²) in [4.78, 5) is 25.0. The van der Waals surface area contributed by atoms with Crippen molar-refractivity contribution in [2.75, 3.05) is 6.61 Å². The SMILES string of the molecule is CCCCCCCCCCOc1cc(OC(=O)C(c2ccccc2)c2ccccc2)cc(C(=O)O)c1. The van der Waals surface area contributed by atoms with E-state index in [9.17, 15) is 14.7 Å². The van der Waals surface area contributed by atoms with Gasteiger partial charge in [0.2, 0.25) is 0 Å². The highest BCUT2D eigenvalue weighted by Crippen LogP contribution is 2.29. The van der Waals surface area contributed by atoms with E-state index in [0.29, 0.717) is 12.4 Å². The first-order valence-corrected chi connectivity index (χ1v) is 12.9. The van der Waals surface area contributed by atoms with Gasteiger partial charge in [0.05, 0.1) is 12.2 Å². The van der Waals surface area contributed by atoms with Gasteiger partial charge in [-0.3, -0.25) is 4.79 Å². The molecule has 3 aromatic rings. The van der Waals surface area contributed by atoms with E-state index < -0.39 is 17.9 Å². The molecule has 36 heavy (non-hydrogen) atoms. The Bertz CT molecular complexity index is 1040. The number of hydrogen-bond acceptors (Lipinski definition) is 4. The Kier molecular flexibility index (Phi) is 11.0. The number of ether oxygens (including phenoxy) is 2. The summed E-state index contributed by atoms with van der Waals surface area (Å²) in [6.45, 7) is 2.70. The molecule has 0 bridgehead atoms. The van der Waals surface area contributed by atoms with E-state index in [0.717, 1.165) is 24.0 Å². The van der Waals surface area contributed by atoms with Crippen molar-refractivity contribution in [3.05, 3.63) is 95.6 Å². The second-order valence-corrected chi connectivity index (χ2v) is 9.00. The first kappa shape index (κ1) is 27.0. The van der Waals surface area contributed by atoms with Gasteiger partial charge < -0.3 is 14.6 Å².